The quantitative estimate of drug-likeness (QED) is 0.792. The Morgan fingerprint density at radius 1 is 1.16 bits per heavy atom. The molecule has 136 valence electrons. The van der Waals surface area contributed by atoms with Crippen LogP contribution < -0.4 is 0 Å². The third kappa shape index (κ3) is 2.74. The van der Waals surface area contributed by atoms with Gasteiger partial charge in [0.15, 0.2) is 9.84 Å². The molecule has 0 bridgehead atoms. The van der Waals surface area contributed by atoms with Crippen LogP contribution in [0.1, 0.15) is 35.4 Å². The first-order valence-electron chi connectivity index (χ1n) is 8.69. The van der Waals surface area contributed by atoms with E-state index in [0.717, 1.165) is 19.3 Å². The van der Waals surface area contributed by atoms with Crippen molar-refractivity contribution in [2.45, 2.75) is 38.3 Å². The molecule has 1 N–H and O–H groups in total. The number of carbonyl (C=O) groups is 2. The van der Waals surface area contributed by atoms with Crippen LogP contribution in [0.15, 0.2) is 6.33 Å². The lowest BCUT2D eigenvalue weighted by Crippen LogP contribution is -2.63. The van der Waals surface area contributed by atoms with Gasteiger partial charge in [0.1, 0.15) is 5.69 Å². The first kappa shape index (κ1) is 16.6. The molecular weight excluding hydrogens is 344 g/mol. The molecule has 0 aromatic carbocycles. The lowest BCUT2D eigenvalue weighted by atomic mass is 9.83. The summed E-state index contributed by atoms with van der Waals surface area (Å²) < 4.78 is 24.5. The van der Waals surface area contributed by atoms with E-state index in [1.165, 1.54) is 6.33 Å². The highest BCUT2D eigenvalue weighted by Gasteiger charge is 2.50. The molecule has 1 aromatic heterocycles. The van der Waals surface area contributed by atoms with Crippen molar-refractivity contribution in [3.63, 3.8) is 0 Å². The first-order chi connectivity index (χ1) is 11.9. The second-order valence-corrected chi connectivity index (χ2v) is 9.40. The summed E-state index contributed by atoms with van der Waals surface area (Å²) in [4.78, 5) is 35.8. The van der Waals surface area contributed by atoms with Gasteiger partial charge in [-0.15, -0.1) is 0 Å². The topological polar surface area (TPSA) is 103 Å². The van der Waals surface area contributed by atoms with E-state index in [2.05, 4.69) is 9.97 Å². The molecule has 9 heteroatoms. The second-order valence-electron chi connectivity index (χ2n) is 7.25. The van der Waals surface area contributed by atoms with Crippen molar-refractivity contribution in [1.29, 1.82) is 0 Å². The van der Waals surface area contributed by atoms with Gasteiger partial charge in [-0.3, -0.25) is 9.59 Å². The minimum Gasteiger partial charge on any atom is -0.348 e. The Morgan fingerprint density at radius 2 is 1.80 bits per heavy atom. The van der Waals surface area contributed by atoms with Crippen LogP contribution in [0.2, 0.25) is 0 Å². The number of aromatic nitrogens is 2. The van der Waals surface area contributed by atoms with Gasteiger partial charge < -0.3 is 14.8 Å². The number of hydrogen-bond acceptors (Lipinski definition) is 5. The van der Waals surface area contributed by atoms with Crippen molar-refractivity contribution >= 4 is 21.7 Å². The number of carbonyl (C=O) groups excluding carboxylic acids is 2. The van der Waals surface area contributed by atoms with Crippen LogP contribution >= 0.6 is 0 Å². The largest absolute Gasteiger partial charge is 0.348 e. The Kier molecular flexibility index (Phi) is 3.86. The second kappa shape index (κ2) is 5.82. The fraction of sp³-hybridized carbons (Fsp3) is 0.688. The molecule has 1 aliphatic carbocycles. The zero-order valence-corrected chi connectivity index (χ0v) is 15.0. The number of sulfone groups is 1. The maximum atomic E-state index is 12.9. The maximum absolute atomic E-state index is 12.9. The number of amides is 2. The number of imidazole rings is 1. The van der Waals surface area contributed by atoms with E-state index >= 15 is 0 Å². The highest BCUT2D eigenvalue weighted by atomic mass is 32.2. The van der Waals surface area contributed by atoms with E-state index < -0.39 is 21.9 Å². The average Bonchev–Trinajstić information content (AvgIpc) is 3.05. The van der Waals surface area contributed by atoms with Crippen LogP contribution in [0.3, 0.4) is 0 Å². The van der Waals surface area contributed by atoms with E-state index in [-0.39, 0.29) is 29.2 Å². The summed E-state index contributed by atoms with van der Waals surface area (Å²) in [5.74, 6) is -0.316. The third-order valence-electron chi connectivity index (χ3n) is 5.71. The highest BCUT2D eigenvalue weighted by Crippen LogP contribution is 2.33. The van der Waals surface area contributed by atoms with Crippen molar-refractivity contribution in [2.75, 3.05) is 24.6 Å². The van der Waals surface area contributed by atoms with E-state index in [4.69, 9.17) is 0 Å². The number of piperazine rings is 1. The summed E-state index contributed by atoms with van der Waals surface area (Å²) in [6, 6.07) is -0.915. The molecule has 0 unspecified atom stereocenters. The van der Waals surface area contributed by atoms with E-state index in [1.54, 1.807) is 16.7 Å². The summed E-state index contributed by atoms with van der Waals surface area (Å²) in [6.07, 6.45) is 4.28. The molecule has 2 amide bonds. The zero-order valence-electron chi connectivity index (χ0n) is 14.1. The van der Waals surface area contributed by atoms with E-state index in [9.17, 15) is 18.0 Å². The Labute approximate surface area is 146 Å². The molecule has 0 spiro atoms. The molecule has 1 saturated carbocycles. The molecule has 2 saturated heterocycles. The SMILES string of the molecule is Cc1[nH]cnc1C(=O)N1CCN(C(=O)C2CCC2)[C@@H]2CS(=O)(=O)C[C@@H]21. The van der Waals surface area contributed by atoms with E-state index in [1.807, 2.05) is 0 Å². The molecule has 4 rings (SSSR count). The summed E-state index contributed by atoms with van der Waals surface area (Å²) in [6.45, 7) is 2.50. The van der Waals surface area contributed by atoms with Crippen LogP contribution in [0, 0.1) is 12.8 Å². The summed E-state index contributed by atoms with van der Waals surface area (Å²) in [7, 11) is -3.27. The van der Waals surface area contributed by atoms with Gasteiger partial charge >= 0.3 is 0 Å². The van der Waals surface area contributed by atoms with Crippen molar-refractivity contribution in [2.24, 2.45) is 5.92 Å². The van der Waals surface area contributed by atoms with Crippen LogP contribution in [0.5, 0.6) is 0 Å². The fourth-order valence-corrected chi connectivity index (χ4v) is 6.06. The van der Waals surface area contributed by atoms with Gasteiger partial charge in [0.2, 0.25) is 5.91 Å². The smallest absolute Gasteiger partial charge is 0.274 e. The minimum absolute atomic E-state index is 0.0276. The average molecular weight is 366 g/mol. The lowest BCUT2D eigenvalue weighted by molar-refractivity contribution is -0.143. The summed E-state index contributed by atoms with van der Waals surface area (Å²) in [5, 5.41) is 0. The number of H-pyrrole nitrogens is 1. The molecule has 3 heterocycles. The van der Waals surface area contributed by atoms with Crippen LogP contribution in [0.4, 0.5) is 0 Å². The predicted molar refractivity (Wildman–Crippen MR) is 89.6 cm³/mol. The minimum atomic E-state index is -3.27. The molecule has 2 aliphatic heterocycles. The molecule has 0 radical (unpaired) electrons. The van der Waals surface area contributed by atoms with Gasteiger partial charge in [0.25, 0.3) is 5.91 Å². The summed E-state index contributed by atoms with van der Waals surface area (Å²) in [5.41, 5.74) is 0.984. The summed E-state index contributed by atoms with van der Waals surface area (Å²) >= 11 is 0. The van der Waals surface area contributed by atoms with Crippen molar-refractivity contribution in [1.82, 2.24) is 19.8 Å². The normalized spacial score (nSPS) is 28.5. The van der Waals surface area contributed by atoms with Gasteiger partial charge in [-0.25, -0.2) is 13.4 Å². The molecule has 3 fully saturated rings. The third-order valence-corrected chi connectivity index (χ3v) is 7.41. The Bertz CT molecular complexity index is 814. The number of nitrogens with zero attached hydrogens (tertiary/aromatic N) is 3. The zero-order chi connectivity index (χ0) is 17.8. The Balaban J connectivity index is 1.61. The standard InChI is InChI=1S/C16H22N4O4S/c1-10-14(18-9-17-10)16(22)20-6-5-19(15(21)11-3-2-4-11)12-7-25(23,24)8-13(12)20/h9,11-13H,2-8H2,1H3,(H,17,18)/t12-,13+/m1/s1. The number of aryl methyl sites for hydroxylation is 1. The number of rotatable bonds is 2. The molecule has 2 atom stereocenters. The van der Waals surface area contributed by atoms with Gasteiger partial charge in [0, 0.05) is 24.7 Å². The molecule has 8 nitrogen and oxygen atoms in total. The number of fused-ring (bicyclic) bond motifs is 1. The van der Waals surface area contributed by atoms with Crippen molar-refractivity contribution in [3.05, 3.63) is 17.7 Å². The van der Waals surface area contributed by atoms with Crippen LogP contribution in [0.25, 0.3) is 0 Å². The molecule has 3 aliphatic rings. The number of hydrogen-bond donors (Lipinski definition) is 1. The van der Waals surface area contributed by atoms with Crippen LogP contribution in [-0.2, 0) is 14.6 Å². The van der Waals surface area contributed by atoms with Crippen molar-refractivity contribution in [3.8, 4) is 0 Å². The predicted octanol–water partition coefficient (Wildman–Crippen LogP) is -0.0318. The maximum Gasteiger partial charge on any atom is 0.274 e. The van der Waals surface area contributed by atoms with Gasteiger partial charge in [0.05, 0.1) is 29.9 Å². The van der Waals surface area contributed by atoms with Gasteiger partial charge in [-0.05, 0) is 19.8 Å². The van der Waals surface area contributed by atoms with Gasteiger partial charge in [-0.2, -0.15) is 0 Å². The van der Waals surface area contributed by atoms with Crippen LogP contribution in [-0.4, -0.2) is 76.7 Å². The van der Waals surface area contributed by atoms with Crippen molar-refractivity contribution < 1.29 is 18.0 Å². The van der Waals surface area contributed by atoms with Gasteiger partial charge in [-0.1, -0.05) is 6.42 Å². The Hall–Kier alpha value is -1.90. The first-order valence-corrected chi connectivity index (χ1v) is 10.5. The molecule has 25 heavy (non-hydrogen) atoms. The monoisotopic (exact) mass is 366 g/mol. The molecule has 1 aromatic rings. The number of nitrogens with one attached hydrogen (secondary N) is 1. The highest BCUT2D eigenvalue weighted by molar-refractivity contribution is 7.91. The Morgan fingerprint density at radius 3 is 2.36 bits per heavy atom. The number of aromatic amines is 1. The molecular formula is C16H22N4O4S. The fourth-order valence-electron chi connectivity index (χ4n) is 4.08. The lowest BCUT2D eigenvalue weighted by Gasteiger charge is -2.45. The van der Waals surface area contributed by atoms with E-state index in [0.29, 0.717) is 24.5 Å².